The number of carbonyl (C=O) groups excluding carboxylic acids is 2. The van der Waals surface area contributed by atoms with Gasteiger partial charge in [0.25, 0.3) is 6.29 Å². The minimum Gasteiger partial charge on any atom is -0.478 e. The number of furan rings is 1. The van der Waals surface area contributed by atoms with Crippen molar-refractivity contribution < 1.29 is 33.4 Å². The third-order valence-corrected chi connectivity index (χ3v) is 4.25. The molecule has 1 fully saturated rings. The van der Waals surface area contributed by atoms with E-state index in [1.807, 2.05) is 0 Å². The second-order valence-electron chi connectivity index (χ2n) is 6.20. The van der Waals surface area contributed by atoms with Crippen LogP contribution in [0.4, 0.5) is 0 Å². The number of carbonyl (C=O) groups is 3. The van der Waals surface area contributed by atoms with E-state index in [1.165, 1.54) is 18.2 Å². The van der Waals surface area contributed by atoms with Crippen molar-refractivity contribution in [3.05, 3.63) is 89.2 Å². The van der Waals surface area contributed by atoms with Crippen molar-refractivity contribution in [1.82, 2.24) is 0 Å². The number of carboxylic acid groups (broad SMARTS) is 1. The predicted octanol–water partition coefficient (Wildman–Crippen LogP) is 3.83. The first-order chi connectivity index (χ1) is 14.0. The molecule has 0 bridgehead atoms. The normalized spacial score (nSPS) is 16.1. The third kappa shape index (κ3) is 3.79. The number of benzene rings is 2. The van der Waals surface area contributed by atoms with Crippen LogP contribution in [0.2, 0.25) is 0 Å². The first kappa shape index (κ1) is 18.2. The predicted molar refractivity (Wildman–Crippen MR) is 100 cm³/mol. The zero-order chi connectivity index (χ0) is 20.4. The SMILES string of the molecule is O=C1OC(c2ccccc2)OC(=O)C1=Cc1ccc(-c2cccc(C(=O)O)c2)o1. The van der Waals surface area contributed by atoms with Gasteiger partial charge in [-0.2, -0.15) is 0 Å². The average molecular weight is 390 g/mol. The van der Waals surface area contributed by atoms with Crippen LogP contribution in [-0.2, 0) is 19.1 Å². The zero-order valence-corrected chi connectivity index (χ0v) is 14.9. The highest BCUT2D eigenvalue weighted by Gasteiger charge is 2.34. The maximum atomic E-state index is 12.3. The van der Waals surface area contributed by atoms with E-state index in [4.69, 9.17) is 19.0 Å². The van der Waals surface area contributed by atoms with E-state index in [-0.39, 0.29) is 16.9 Å². The molecule has 0 unspecified atom stereocenters. The van der Waals surface area contributed by atoms with Crippen molar-refractivity contribution in [2.75, 3.05) is 0 Å². The molecule has 1 aromatic heterocycles. The topological polar surface area (TPSA) is 103 Å². The molecule has 1 aliphatic heterocycles. The van der Waals surface area contributed by atoms with Crippen LogP contribution in [0.3, 0.4) is 0 Å². The molecule has 0 aliphatic carbocycles. The molecule has 7 nitrogen and oxygen atoms in total. The summed E-state index contributed by atoms with van der Waals surface area (Å²) >= 11 is 0. The van der Waals surface area contributed by atoms with E-state index in [9.17, 15) is 14.4 Å². The Bertz CT molecular complexity index is 1100. The summed E-state index contributed by atoms with van der Waals surface area (Å²) in [6.45, 7) is 0. The molecule has 0 spiro atoms. The number of hydrogen-bond donors (Lipinski definition) is 1. The van der Waals surface area contributed by atoms with Crippen molar-refractivity contribution in [3.8, 4) is 11.3 Å². The van der Waals surface area contributed by atoms with Crippen molar-refractivity contribution >= 4 is 24.0 Å². The lowest BCUT2D eigenvalue weighted by Gasteiger charge is -2.23. The fraction of sp³-hybridized carbons (Fsp3) is 0.0455. The molecular weight excluding hydrogens is 376 g/mol. The van der Waals surface area contributed by atoms with Gasteiger partial charge >= 0.3 is 17.9 Å². The van der Waals surface area contributed by atoms with E-state index in [2.05, 4.69) is 0 Å². The van der Waals surface area contributed by atoms with E-state index in [1.54, 1.807) is 54.6 Å². The van der Waals surface area contributed by atoms with Gasteiger partial charge in [0, 0.05) is 17.2 Å². The van der Waals surface area contributed by atoms with Crippen molar-refractivity contribution in [2.24, 2.45) is 0 Å². The van der Waals surface area contributed by atoms with Crippen molar-refractivity contribution in [3.63, 3.8) is 0 Å². The van der Waals surface area contributed by atoms with Gasteiger partial charge in [0.2, 0.25) is 0 Å². The summed E-state index contributed by atoms with van der Waals surface area (Å²) in [5.41, 5.74) is 0.918. The Morgan fingerprint density at radius 2 is 1.62 bits per heavy atom. The zero-order valence-electron chi connectivity index (χ0n) is 14.9. The molecule has 0 atom stereocenters. The standard InChI is InChI=1S/C22H14O7/c23-19(24)15-8-4-7-14(11-15)18-10-9-16(27-18)12-17-20(25)28-22(29-21(17)26)13-5-2-1-3-6-13/h1-12,22H,(H,23,24). The summed E-state index contributed by atoms with van der Waals surface area (Å²) in [5.74, 6) is -2.08. The van der Waals surface area contributed by atoms with Crippen LogP contribution in [0.25, 0.3) is 17.4 Å². The summed E-state index contributed by atoms with van der Waals surface area (Å²) in [7, 11) is 0. The molecule has 0 amide bonds. The van der Waals surface area contributed by atoms with Gasteiger partial charge in [-0.3, -0.25) is 0 Å². The Morgan fingerprint density at radius 1 is 0.897 bits per heavy atom. The first-order valence-corrected chi connectivity index (χ1v) is 8.63. The highest BCUT2D eigenvalue weighted by Crippen LogP contribution is 2.29. The lowest BCUT2D eigenvalue weighted by molar-refractivity contribution is -0.195. The molecule has 2 aromatic carbocycles. The van der Waals surface area contributed by atoms with E-state index < -0.39 is 24.2 Å². The van der Waals surface area contributed by atoms with Crippen molar-refractivity contribution in [2.45, 2.75) is 6.29 Å². The van der Waals surface area contributed by atoms with Gasteiger partial charge in [-0.15, -0.1) is 0 Å². The maximum absolute atomic E-state index is 12.3. The van der Waals surface area contributed by atoms with Gasteiger partial charge in [0.15, 0.2) is 0 Å². The molecule has 1 saturated heterocycles. The second-order valence-corrected chi connectivity index (χ2v) is 6.20. The van der Waals surface area contributed by atoms with Crippen LogP contribution in [0, 0.1) is 0 Å². The highest BCUT2D eigenvalue weighted by atomic mass is 16.7. The molecule has 144 valence electrons. The van der Waals surface area contributed by atoms with Gasteiger partial charge in [-0.25, -0.2) is 14.4 Å². The minimum absolute atomic E-state index is 0.116. The Balaban J connectivity index is 1.56. The Labute approximate surface area is 164 Å². The molecular formula is C22H14O7. The van der Waals surface area contributed by atoms with Gasteiger partial charge < -0.3 is 19.0 Å². The van der Waals surface area contributed by atoms with E-state index >= 15 is 0 Å². The largest absolute Gasteiger partial charge is 0.478 e. The van der Waals surface area contributed by atoms with Crippen LogP contribution in [0.1, 0.15) is 28.0 Å². The van der Waals surface area contributed by atoms with Gasteiger partial charge in [-0.1, -0.05) is 42.5 Å². The molecule has 1 aliphatic rings. The van der Waals surface area contributed by atoms with E-state index in [0.717, 1.165) is 0 Å². The Morgan fingerprint density at radius 3 is 2.31 bits per heavy atom. The molecule has 1 N–H and O–H groups in total. The maximum Gasteiger partial charge on any atom is 0.349 e. The Hall–Kier alpha value is -4.13. The van der Waals surface area contributed by atoms with E-state index in [0.29, 0.717) is 16.9 Å². The number of rotatable bonds is 4. The monoisotopic (exact) mass is 390 g/mol. The second kappa shape index (κ2) is 7.47. The number of hydrogen-bond acceptors (Lipinski definition) is 6. The average Bonchev–Trinajstić information content (AvgIpc) is 3.20. The molecule has 29 heavy (non-hydrogen) atoms. The molecule has 0 radical (unpaired) electrons. The summed E-state index contributed by atoms with van der Waals surface area (Å²) in [5, 5.41) is 9.10. The number of carboxylic acids is 1. The summed E-state index contributed by atoms with van der Waals surface area (Å²) in [6, 6.07) is 18.0. The molecule has 7 heteroatoms. The number of cyclic esters (lactones) is 2. The molecule has 3 aromatic rings. The number of esters is 2. The van der Waals surface area contributed by atoms with Crippen LogP contribution >= 0.6 is 0 Å². The highest BCUT2D eigenvalue weighted by molar-refractivity contribution is 6.18. The molecule has 4 rings (SSSR count). The van der Waals surface area contributed by atoms with Crippen LogP contribution < -0.4 is 0 Å². The Kier molecular flexibility index (Phi) is 4.70. The fourth-order valence-electron chi connectivity index (χ4n) is 2.83. The quantitative estimate of drug-likeness (QED) is 0.410. The fourth-order valence-corrected chi connectivity index (χ4v) is 2.83. The van der Waals surface area contributed by atoms with Gasteiger partial charge in [-0.05, 0) is 24.3 Å². The van der Waals surface area contributed by atoms with Crippen LogP contribution in [0.15, 0.2) is 76.7 Å². The lowest BCUT2D eigenvalue weighted by Crippen LogP contribution is -2.29. The van der Waals surface area contributed by atoms with Crippen LogP contribution in [-0.4, -0.2) is 23.0 Å². The number of aromatic carboxylic acids is 1. The van der Waals surface area contributed by atoms with Crippen LogP contribution in [0.5, 0.6) is 0 Å². The molecule has 2 heterocycles. The summed E-state index contributed by atoms with van der Waals surface area (Å²) in [6.07, 6.45) is 0.135. The van der Waals surface area contributed by atoms with Crippen molar-refractivity contribution in [1.29, 1.82) is 0 Å². The smallest absolute Gasteiger partial charge is 0.349 e. The summed E-state index contributed by atoms with van der Waals surface area (Å²) in [4.78, 5) is 35.7. The van der Waals surface area contributed by atoms with Gasteiger partial charge in [0.05, 0.1) is 5.56 Å². The number of ether oxygens (including phenoxy) is 2. The summed E-state index contributed by atoms with van der Waals surface area (Å²) < 4.78 is 16.0. The van der Waals surface area contributed by atoms with Gasteiger partial charge in [0.1, 0.15) is 17.1 Å². The third-order valence-electron chi connectivity index (χ3n) is 4.25. The minimum atomic E-state index is -1.10. The lowest BCUT2D eigenvalue weighted by atomic mass is 10.1. The first-order valence-electron chi connectivity index (χ1n) is 8.63. The molecule has 0 saturated carbocycles.